The Bertz CT molecular complexity index is 197. The number of aliphatic hydroxyl groups excluding tert-OH is 1. The van der Waals surface area contributed by atoms with Crippen LogP contribution >= 0.6 is 0 Å². The summed E-state index contributed by atoms with van der Waals surface area (Å²) in [5.74, 6) is -1.87. The lowest BCUT2D eigenvalue weighted by Crippen LogP contribution is -2.15. The first-order valence-corrected chi connectivity index (χ1v) is 2.81. The van der Waals surface area contributed by atoms with E-state index in [1.807, 2.05) is 0 Å². The van der Waals surface area contributed by atoms with Crippen molar-refractivity contribution in [3.8, 4) is 0 Å². The van der Waals surface area contributed by atoms with E-state index in [0.29, 0.717) is 0 Å². The summed E-state index contributed by atoms with van der Waals surface area (Å²) in [6.07, 6.45) is 0.825. The number of hydrogen-bond acceptors (Lipinski definition) is 5. The van der Waals surface area contributed by atoms with Gasteiger partial charge in [-0.3, -0.25) is 4.79 Å². The average Bonchev–Trinajstić information content (AvgIpc) is 2.02. The fourth-order valence-electron chi connectivity index (χ4n) is 0.374. The van der Waals surface area contributed by atoms with Crippen molar-refractivity contribution in [2.45, 2.75) is 0 Å². The molecule has 0 radical (unpaired) electrons. The van der Waals surface area contributed by atoms with Crippen molar-refractivity contribution in [1.82, 2.24) is 0 Å². The first-order valence-electron chi connectivity index (χ1n) is 2.81. The number of nitrogens with two attached hydrogens (primary N) is 1. The van der Waals surface area contributed by atoms with Gasteiger partial charge in [-0.05, 0) is 0 Å². The Morgan fingerprint density at radius 3 is 2.55 bits per heavy atom. The summed E-state index contributed by atoms with van der Waals surface area (Å²) in [5.41, 5.74) is 4.98. The van der Waals surface area contributed by atoms with Gasteiger partial charge in [0.1, 0.15) is 0 Å². The molecule has 0 heterocycles. The number of aliphatic hydroxyl groups is 1. The molecule has 0 aliphatic rings. The van der Waals surface area contributed by atoms with E-state index in [1.165, 1.54) is 0 Å². The van der Waals surface area contributed by atoms with Gasteiger partial charge in [0.15, 0.2) is 0 Å². The van der Waals surface area contributed by atoms with Gasteiger partial charge in [0.2, 0.25) is 0 Å². The van der Waals surface area contributed by atoms with E-state index >= 15 is 0 Å². The van der Waals surface area contributed by atoms with Crippen molar-refractivity contribution >= 4 is 11.8 Å². The van der Waals surface area contributed by atoms with E-state index in [2.05, 4.69) is 4.74 Å². The Labute approximate surface area is 63.4 Å². The summed E-state index contributed by atoms with van der Waals surface area (Å²) in [6, 6.07) is 0. The molecule has 0 bridgehead atoms. The number of methoxy groups -OCH3 is 1. The summed E-state index contributed by atoms with van der Waals surface area (Å²) in [6.45, 7) is -0.456. The van der Waals surface area contributed by atoms with Crippen LogP contribution in [0.25, 0.3) is 0 Å². The van der Waals surface area contributed by atoms with Crippen LogP contribution in [0.1, 0.15) is 0 Å². The van der Waals surface area contributed by atoms with Crippen LogP contribution in [-0.4, -0.2) is 30.6 Å². The minimum absolute atomic E-state index is 0.0691. The molecular formula is C6H9NO4. The average molecular weight is 159 g/mol. The van der Waals surface area contributed by atoms with Gasteiger partial charge < -0.3 is 15.6 Å². The van der Waals surface area contributed by atoms with Crippen molar-refractivity contribution in [3.05, 3.63) is 11.8 Å². The fraction of sp³-hybridized carbons (Fsp3) is 0.333. The smallest absolute Gasteiger partial charge is 0.378 e. The molecule has 0 aliphatic carbocycles. The zero-order valence-corrected chi connectivity index (χ0v) is 6.03. The molecule has 5 heteroatoms. The van der Waals surface area contributed by atoms with Gasteiger partial charge in [0, 0.05) is 11.8 Å². The van der Waals surface area contributed by atoms with Gasteiger partial charge in [0.25, 0.3) is 5.78 Å². The maximum absolute atomic E-state index is 10.6. The molecule has 0 fully saturated rings. The van der Waals surface area contributed by atoms with Crippen molar-refractivity contribution < 1.29 is 19.4 Å². The largest absolute Gasteiger partial charge is 0.463 e. The van der Waals surface area contributed by atoms with Crippen molar-refractivity contribution in [2.75, 3.05) is 13.7 Å². The van der Waals surface area contributed by atoms with Crippen LogP contribution in [0.2, 0.25) is 0 Å². The first kappa shape index (κ1) is 9.64. The predicted octanol–water partition coefficient (Wildman–Crippen LogP) is -1.44. The molecule has 0 spiro atoms. The van der Waals surface area contributed by atoms with Crippen LogP contribution in [0.5, 0.6) is 0 Å². The lowest BCUT2D eigenvalue weighted by atomic mass is 10.3. The molecule has 0 amide bonds. The monoisotopic (exact) mass is 159 g/mol. The van der Waals surface area contributed by atoms with E-state index in [4.69, 9.17) is 10.8 Å². The van der Waals surface area contributed by atoms with Crippen LogP contribution in [0.4, 0.5) is 0 Å². The Morgan fingerprint density at radius 2 is 2.18 bits per heavy atom. The SMILES string of the molecule is COC(=O)C(=O)/C=C(\N)CO. The maximum atomic E-state index is 10.6. The van der Waals surface area contributed by atoms with Crippen LogP contribution in [0, 0.1) is 0 Å². The zero-order valence-electron chi connectivity index (χ0n) is 6.03. The van der Waals surface area contributed by atoms with Crippen molar-refractivity contribution in [2.24, 2.45) is 5.73 Å². The molecule has 3 N–H and O–H groups in total. The van der Waals surface area contributed by atoms with Gasteiger partial charge in [0.05, 0.1) is 13.7 Å². The maximum Gasteiger partial charge on any atom is 0.378 e. The Balaban J connectivity index is 4.17. The standard InChI is InChI=1S/C6H9NO4/c1-11-6(10)5(9)2-4(7)3-8/h2,8H,3,7H2,1H3/b4-2-. The molecule has 0 aliphatic heterocycles. The third kappa shape index (κ3) is 3.36. The zero-order chi connectivity index (χ0) is 8.85. The lowest BCUT2D eigenvalue weighted by Gasteiger charge is -1.94. The van der Waals surface area contributed by atoms with Crippen molar-refractivity contribution in [3.63, 3.8) is 0 Å². The highest BCUT2D eigenvalue weighted by molar-refractivity contribution is 6.38. The lowest BCUT2D eigenvalue weighted by molar-refractivity contribution is -0.149. The quantitative estimate of drug-likeness (QED) is 0.299. The Hall–Kier alpha value is -1.36. The van der Waals surface area contributed by atoms with Crippen LogP contribution in [0.15, 0.2) is 11.8 Å². The summed E-state index contributed by atoms with van der Waals surface area (Å²) in [7, 11) is 1.09. The topological polar surface area (TPSA) is 89.6 Å². The molecule has 0 atom stereocenters. The molecule has 0 saturated heterocycles. The number of hydrogen-bond donors (Lipinski definition) is 2. The summed E-state index contributed by atoms with van der Waals surface area (Å²) < 4.78 is 4.09. The fourth-order valence-corrected chi connectivity index (χ4v) is 0.374. The number of ketones is 1. The third-order valence-electron chi connectivity index (χ3n) is 0.886. The van der Waals surface area contributed by atoms with Gasteiger partial charge >= 0.3 is 5.97 Å². The molecule has 0 aromatic heterocycles. The molecular weight excluding hydrogens is 150 g/mol. The van der Waals surface area contributed by atoms with E-state index < -0.39 is 18.4 Å². The second-order valence-corrected chi connectivity index (χ2v) is 1.73. The summed E-state index contributed by atoms with van der Waals surface area (Å²) in [5, 5.41) is 8.34. The van der Waals surface area contributed by atoms with Gasteiger partial charge in [-0.1, -0.05) is 0 Å². The van der Waals surface area contributed by atoms with E-state index in [0.717, 1.165) is 13.2 Å². The molecule has 62 valence electrons. The number of ether oxygens (including phenoxy) is 1. The minimum Gasteiger partial charge on any atom is -0.463 e. The van der Waals surface area contributed by atoms with Crippen molar-refractivity contribution in [1.29, 1.82) is 0 Å². The van der Waals surface area contributed by atoms with Crippen LogP contribution in [-0.2, 0) is 14.3 Å². The number of carbonyl (C=O) groups is 2. The minimum atomic E-state index is -0.999. The molecule has 0 unspecified atom stereocenters. The highest BCUT2D eigenvalue weighted by atomic mass is 16.5. The molecule has 5 nitrogen and oxygen atoms in total. The molecule has 0 saturated carbocycles. The van der Waals surface area contributed by atoms with E-state index in [-0.39, 0.29) is 5.70 Å². The van der Waals surface area contributed by atoms with Crippen LogP contribution < -0.4 is 5.73 Å². The van der Waals surface area contributed by atoms with Gasteiger partial charge in [-0.25, -0.2) is 4.79 Å². The van der Waals surface area contributed by atoms with Crippen LogP contribution in [0.3, 0.4) is 0 Å². The highest BCUT2D eigenvalue weighted by Gasteiger charge is 2.10. The Kier molecular flexibility index (Phi) is 3.90. The second-order valence-electron chi connectivity index (χ2n) is 1.73. The van der Waals surface area contributed by atoms with E-state index in [1.54, 1.807) is 0 Å². The second kappa shape index (κ2) is 4.45. The summed E-state index contributed by atoms with van der Waals surface area (Å²) >= 11 is 0. The van der Waals surface area contributed by atoms with Gasteiger partial charge in [-0.15, -0.1) is 0 Å². The molecule has 0 rings (SSSR count). The number of esters is 1. The Morgan fingerprint density at radius 1 is 1.64 bits per heavy atom. The number of rotatable bonds is 3. The highest BCUT2D eigenvalue weighted by Crippen LogP contribution is 1.85. The molecule has 0 aromatic carbocycles. The number of carbonyl (C=O) groups excluding carboxylic acids is 2. The predicted molar refractivity (Wildman–Crippen MR) is 36.4 cm³/mol. The van der Waals surface area contributed by atoms with E-state index in [9.17, 15) is 9.59 Å². The molecule has 0 aromatic rings. The van der Waals surface area contributed by atoms with Gasteiger partial charge in [-0.2, -0.15) is 0 Å². The summed E-state index contributed by atoms with van der Waals surface area (Å²) in [4.78, 5) is 21.0. The molecule has 11 heavy (non-hydrogen) atoms. The third-order valence-corrected chi connectivity index (χ3v) is 0.886. The normalized spacial score (nSPS) is 10.9. The first-order chi connectivity index (χ1) is 5.11.